The van der Waals surface area contributed by atoms with Gasteiger partial charge in [0.05, 0.1) is 25.3 Å². The minimum Gasteiger partial charge on any atom is -0.497 e. The molecule has 0 aliphatic rings. The second-order valence-corrected chi connectivity index (χ2v) is 5.70. The van der Waals surface area contributed by atoms with Crippen molar-refractivity contribution in [1.82, 2.24) is 9.55 Å². The van der Waals surface area contributed by atoms with Gasteiger partial charge in [0.25, 0.3) is 0 Å². The van der Waals surface area contributed by atoms with Crippen LogP contribution >= 0.6 is 0 Å². The SMILES string of the molecule is COc1cc(OC)cc(-c2nc3ccccc3n2-c2ccccc2)c1. The lowest BCUT2D eigenvalue weighted by molar-refractivity contribution is 0.394. The van der Waals surface area contributed by atoms with Crippen LogP contribution in [0.4, 0.5) is 0 Å². The first-order valence-electron chi connectivity index (χ1n) is 8.06. The van der Waals surface area contributed by atoms with Crippen molar-refractivity contribution in [3.63, 3.8) is 0 Å². The van der Waals surface area contributed by atoms with Crippen LogP contribution in [0.15, 0.2) is 72.8 Å². The van der Waals surface area contributed by atoms with Gasteiger partial charge >= 0.3 is 0 Å². The summed E-state index contributed by atoms with van der Waals surface area (Å²) in [5, 5.41) is 0. The Hall–Kier alpha value is -3.27. The van der Waals surface area contributed by atoms with Crippen LogP contribution in [0.1, 0.15) is 0 Å². The number of para-hydroxylation sites is 3. The Morgan fingerprint density at radius 3 is 2.08 bits per heavy atom. The molecule has 0 unspecified atom stereocenters. The Morgan fingerprint density at radius 1 is 0.760 bits per heavy atom. The van der Waals surface area contributed by atoms with E-state index in [4.69, 9.17) is 14.5 Å². The minimum absolute atomic E-state index is 0.737. The molecule has 0 amide bonds. The van der Waals surface area contributed by atoms with Gasteiger partial charge in [0.2, 0.25) is 0 Å². The van der Waals surface area contributed by atoms with Crippen LogP contribution in [0.25, 0.3) is 28.1 Å². The van der Waals surface area contributed by atoms with Crippen LogP contribution in [0.2, 0.25) is 0 Å². The molecule has 0 bridgehead atoms. The monoisotopic (exact) mass is 330 g/mol. The van der Waals surface area contributed by atoms with E-state index in [0.29, 0.717) is 0 Å². The van der Waals surface area contributed by atoms with Crippen molar-refractivity contribution in [3.8, 4) is 28.6 Å². The third kappa shape index (κ3) is 2.72. The maximum atomic E-state index is 5.42. The second-order valence-electron chi connectivity index (χ2n) is 5.70. The quantitative estimate of drug-likeness (QED) is 0.544. The van der Waals surface area contributed by atoms with Crippen LogP contribution < -0.4 is 9.47 Å². The highest BCUT2D eigenvalue weighted by molar-refractivity contribution is 5.83. The average molecular weight is 330 g/mol. The predicted molar refractivity (Wildman–Crippen MR) is 99.6 cm³/mol. The number of hydrogen-bond acceptors (Lipinski definition) is 3. The number of nitrogens with zero attached hydrogens (tertiary/aromatic N) is 2. The molecule has 1 aromatic heterocycles. The summed E-state index contributed by atoms with van der Waals surface area (Å²) >= 11 is 0. The molecule has 0 radical (unpaired) electrons. The van der Waals surface area contributed by atoms with Gasteiger partial charge in [-0.25, -0.2) is 4.98 Å². The molecule has 0 aliphatic carbocycles. The van der Waals surface area contributed by atoms with Gasteiger partial charge < -0.3 is 9.47 Å². The molecule has 1 heterocycles. The first-order chi connectivity index (χ1) is 12.3. The van der Waals surface area contributed by atoms with Crippen LogP contribution in [0.3, 0.4) is 0 Å². The number of fused-ring (bicyclic) bond motifs is 1. The molecule has 0 saturated heterocycles. The molecule has 3 aromatic carbocycles. The largest absolute Gasteiger partial charge is 0.497 e. The number of benzene rings is 3. The number of rotatable bonds is 4. The predicted octanol–water partition coefficient (Wildman–Crippen LogP) is 4.71. The molecule has 4 rings (SSSR count). The van der Waals surface area contributed by atoms with Crippen molar-refractivity contribution in [2.24, 2.45) is 0 Å². The number of methoxy groups -OCH3 is 2. The van der Waals surface area contributed by atoms with Gasteiger partial charge in [-0.15, -0.1) is 0 Å². The van der Waals surface area contributed by atoms with E-state index in [2.05, 4.69) is 22.8 Å². The molecule has 0 saturated carbocycles. The zero-order chi connectivity index (χ0) is 17.2. The fraction of sp³-hybridized carbons (Fsp3) is 0.0952. The lowest BCUT2D eigenvalue weighted by Crippen LogP contribution is -1.98. The van der Waals surface area contributed by atoms with Crippen molar-refractivity contribution >= 4 is 11.0 Å². The number of hydrogen-bond donors (Lipinski definition) is 0. The van der Waals surface area contributed by atoms with E-state index in [-0.39, 0.29) is 0 Å². The van der Waals surface area contributed by atoms with Gasteiger partial charge in [-0.1, -0.05) is 30.3 Å². The molecule has 0 N–H and O–H groups in total. The molecule has 0 atom stereocenters. The Labute approximate surface area is 146 Å². The molecule has 4 aromatic rings. The Balaban J connectivity index is 2.02. The maximum absolute atomic E-state index is 5.42. The fourth-order valence-corrected chi connectivity index (χ4v) is 2.99. The Bertz CT molecular complexity index is 1000. The lowest BCUT2D eigenvalue weighted by atomic mass is 10.1. The summed E-state index contributed by atoms with van der Waals surface area (Å²) in [6.07, 6.45) is 0. The van der Waals surface area contributed by atoms with Crippen molar-refractivity contribution in [1.29, 1.82) is 0 Å². The second kappa shape index (κ2) is 6.32. The topological polar surface area (TPSA) is 36.3 Å². The van der Waals surface area contributed by atoms with Crippen molar-refractivity contribution < 1.29 is 9.47 Å². The van der Waals surface area contributed by atoms with Crippen molar-refractivity contribution in [2.75, 3.05) is 14.2 Å². The van der Waals surface area contributed by atoms with Gasteiger partial charge in [-0.2, -0.15) is 0 Å². The smallest absolute Gasteiger partial charge is 0.145 e. The van der Waals surface area contributed by atoms with Crippen LogP contribution in [0.5, 0.6) is 11.5 Å². The van der Waals surface area contributed by atoms with Gasteiger partial charge in [-0.3, -0.25) is 4.57 Å². The summed E-state index contributed by atoms with van der Waals surface area (Å²) in [6.45, 7) is 0. The highest BCUT2D eigenvalue weighted by Gasteiger charge is 2.15. The van der Waals surface area contributed by atoms with Gasteiger partial charge in [0, 0.05) is 17.3 Å². The van der Waals surface area contributed by atoms with E-state index in [0.717, 1.165) is 39.6 Å². The van der Waals surface area contributed by atoms with Gasteiger partial charge in [0.15, 0.2) is 0 Å². The molecule has 4 nitrogen and oxygen atoms in total. The minimum atomic E-state index is 0.737. The highest BCUT2D eigenvalue weighted by Crippen LogP contribution is 2.33. The van der Waals surface area contributed by atoms with E-state index in [1.807, 2.05) is 54.6 Å². The van der Waals surface area contributed by atoms with Crippen LogP contribution in [0, 0.1) is 0 Å². The van der Waals surface area contributed by atoms with E-state index in [9.17, 15) is 0 Å². The summed E-state index contributed by atoms with van der Waals surface area (Å²) in [7, 11) is 3.30. The third-order valence-corrected chi connectivity index (χ3v) is 4.18. The molecular weight excluding hydrogens is 312 g/mol. The highest BCUT2D eigenvalue weighted by atomic mass is 16.5. The molecule has 0 spiro atoms. The Morgan fingerprint density at radius 2 is 1.40 bits per heavy atom. The van der Waals surface area contributed by atoms with Gasteiger partial charge in [-0.05, 0) is 36.4 Å². The van der Waals surface area contributed by atoms with Gasteiger partial charge in [0.1, 0.15) is 17.3 Å². The average Bonchev–Trinajstić information content (AvgIpc) is 3.07. The normalized spacial score (nSPS) is 10.8. The molecule has 0 aliphatic heterocycles. The lowest BCUT2D eigenvalue weighted by Gasteiger charge is -2.12. The zero-order valence-electron chi connectivity index (χ0n) is 14.1. The number of aromatic nitrogens is 2. The fourth-order valence-electron chi connectivity index (χ4n) is 2.99. The van der Waals surface area contributed by atoms with E-state index in [1.165, 1.54) is 0 Å². The van der Waals surface area contributed by atoms with E-state index in [1.54, 1.807) is 14.2 Å². The summed E-state index contributed by atoms with van der Waals surface area (Å²) in [5.74, 6) is 2.33. The van der Waals surface area contributed by atoms with Crippen molar-refractivity contribution in [2.45, 2.75) is 0 Å². The van der Waals surface area contributed by atoms with Crippen molar-refractivity contribution in [3.05, 3.63) is 72.8 Å². The Kier molecular flexibility index (Phi) is 3.86. The summed E-state index contributed by atoms with van der Waals surface area (Å²) < 4.78 is 13.0. The number of imidazole rings is 1. The van der Waals surface area contributed by atoms with Crippen LogP contribution in [-0.4, -0.2) is 23.8 Å². The first kappa shape index (κ1) is 15.3. The zero-order valence-corrected chi connectivity index (χ0v) is 14.1. The first-order valence-corrected chi connectivity index (χ1v) is 8.06. The molecule has 124 valence electrons. The summed E-state index contributed by atoms with van der Waals surface area (Å²) in [5.41, 5.74) is 4.01. The number of ether oxygens (including phenoxy) is 2. The van der Waals surface area contributed by atoms with Crippen LogP contribution in [-0.2, 0) is 0 Å². The molecule has 0 fully saturated rings. The van der Waals surface area contributed by atoms with E-state index >= 15 is 0 Å². The maximum Gasteiger partial charge on any atom is 0.145 e. The molecular formula is C21H18N2O2. The third-order valence-electron chi connectivity index (χ3n) is 4.18. The standard InChI is InChI=1S/C21H18N2O2/c1-24-17-12-15(13-18(14-17)25-2)21-22-19-10-6-7-11-20(19)23(21)16-8-4-3-5-9-16/h3-14H,1-2H3. The van der Waals surface area contributed by atoms with E-state index < -0.39 is 0 Å². The summed E-state index contributed by atoms with van der Waals surface area (Å²) in [4.78, 5) is 4.86. The molecule has 4 heteroatoms. The summed E-state index contributed by atoms with van der Waals surface area (Å²) in [6, 6.07) is 24.2. The molecule has 25 heavy (non-hydrogen) atoms.